The molecule has 1 aliphatic heterocycles. The molecule has 1 saturated heterocycles. The molecule has 3 amide bonds. The number of rotatable bonds is 11. The molecule has 2 aliphatic rings. The Bertz CT molecular complexity index is 2430. The monoisotopic (exact) mass is 877 g/mol. The molecule has 5 aromatic carbocycles. The number of carbonyl (C=O) groups excluding carboxylic acids is 3. The summed E-state index contributed by atoms with van der Waals surface area (Å²) in [5.41, 5.74) is 9.26. The van der Waals surface area contributed by atoms with E-state index in [1.807, 2.05) is 29.2 Å². The van der Waals surface area contributed by atoms with Crippen LogP contribution in [0.2, 0.25) is 0 Å². The maximum Gasteiger partial charge on any atom is 0.573 e. The SMILES string of the molecule is CC(=O)N1CCN(Cc2ccc(NC(=O)c3ccc(-c4cc(NC(=O)C5CC5)ccc4OC(F)(F)F)cc3)cc2)CC1.Nc1ccc(OC(F)(F)F)c(-c2ccc(C(=O)O)cc2)c1. The van der Waals surface area contributed by atoms with Crippen LogP contribution in [0.15, 0.2) is 109 Å². The van der Waals surface area contributed by atoms with Gasteiger partial charge in [0.1, 0.15) is 11.5 Å². The smallest absolute Gasteiger partial charge is 0.478 e. The maximum absolute atomic E-state index is 13.1. The van der Waals surface area contributed by atoms with Gasteiger partial charge in [-0.1, -0.05) is 36.4 Å². The summed E-state index contributed by atoms with van der Waals surface area (Å²) in [4.78, 5) is 51.4. The van der Waals surface area contributed by atoms with Gasteiger partial charge in [0.15, 0.2) is 0 Å². The number of ether oxygens (including phenoxy) is 2. The lowest BCUT2D eigenvalue weighted by atomic mass is 10.0. The van der Waals surface area contributed by atoms with Crippen LogP contribution in [0.4, 0.5) is 43.4 Å². The van der Waals surface area contributed by atoms with E-state index < -0.39 is 30.2 Å². The van der Waals surface area contributed by atoms with Crippen LogP contribution in [0.25, 0.3) is 22.3 Å². The fraction of sp³-hybridized carbons (Fsp3) is 0.244. The van der Waals surface area contributed by atoms with E-state index in [-0.39, 0.29) is 46.0 Å². The molecule has 1 saturated carbocycles. The molecule has 0 aromatic heterocycles. The number of nitrogen functional groups attached to an aromatic ring is 1. The van der Waals surface area contributed by atoms with E-state index in [0.717, 1.165) is 44.1 Å². The number of hydrogen-bond donors (Lipinski definition) is 4. The van der Waals surface area contributed by atoms with E-state index in [9.17, 15) is 45.5 Å². The number of aromatic carboxylic acids is 1. The number of nitrogens with one attached hydrogen (secondary N) is 2. The molecule has 18 heteroatoms. The van der Waals surface area contributed by atoms with Crippen molar-refractivity contribution in [1.82, 2.24) is 9.80 Å². The lowest BCUT2D eigenvalue weighted by molar-refractivity contribution is -0.275. The number of carbonyl (C=O) groups is 4. The number of alkyl halides is 6. The summed E-state index contributed by atoms with van der Waals surface area (Å²) >= 11 is 0. The highest BCUT2D eigenvalue weighted by molar-refractivity contribution is 6.04. The molecule has 330 valence electrons. The molecule has 1 aliphatic carbocycles. The zero-order valence-electron chi connectivity index (χ0n) is 33.6. The molecule has 0 bridgehead atoms. The summed E-state index contributed by atoms with van der Waals surface area (Å²) in [5, 5.41) is 14.4. The Morgan fingerprint density at radius 2 is 1.17 bits per heavy atom. The number of nitrogens with zero attached hydrogens (tertiary/aromatic N) is 2. The second-order valence-corrected chi connectivity index (χ2v) is 14.7. The largest absolute Gasteiger partial charge is 0.573 e. The molecule has 0 unspecified atom stereocenters. The second-order valence-electron chi connectivity index (χ2n) is 14.7. The van der Waals surface area contributed by atoms with Crippen molar-refractivity contribution in [3.05, 3.63) is 126 Å². The van der Waals surface area contributed by atoms with Crippen molar-refractivity contribution in [3.63, 3.8) is 0 Å². The minimum atomic E-state index is -4.90. The Kier molecular flexibility index (Phi) is 13.9. The summed E-state index contributed by atoms with van der Waals surface area (Å²) in [6.45, 7) is 5.35. The summed E-state index contributed by atoms with van der Waals surface area (Å²) < 4.78 is 84.5. The normalized spacial score (nSPS) is 14.2. The zero-order valence-corrected chi connectivity index (χ0v) is 33.6. The molecule has 12 nitrogen and oxygen atoms in total. The number of carboxylic acid groups (broad SMARTS) is 1. The number of hydrogen-bond acceptors (Lipinski definition) is 8. The first-order valence-corrected chi connectivity index (χ1v) is 19.5. The summed E-state index contributed by atoms with van der Waals surface area (Å²) in [5.74, 6) is -2.45. The molecule has 0 atom stereocenters. The first-order chi connectivity index (χ1) is 29.8. The van der Waals surface area contributed by atoms with Gasteiger partial charge in [0, 0.05) is 79.3 Å². The average molecular weight is 878 g/mol. The van der Waals surface area contributed by atoms with Gasteiger partial charge in [-0.2, -0.15) is 0 Å². The number of piperazine rings is 1. The lowest BCUT2D eigenvalue weighted by Crippen LogP contribution is -2.47. The number of nitrogens with two attached hydrogens (primary N) is 1. The number of anilines is 3. The highest BCUT2D eigenvalue weighted by Gasteiger charge is 2.34. The van der Waals surface area contributed by atoms with Crippen LogP contribution in [-0.4, -0.2) is 77.5 Å². The van der Waals surface area contributed by atoms with Gasteiger partial charge in [0.25, 0.3) is 5.91 Å². The molecule has 7 rings (SSSR count). The van der Waals surface area contributed by atoms with Crippen LogP contribution in [-0.2, 0) is 16.1 Å². The van der Waals surface area contributed by atoms with Gasteiger partial charge in [-0.05, 0) is 102 Å². The van der Waals surface area contributed by atoms with Crippen molar-refractivity contribution in [2.75, 3.05) is 42.5 Å². The highest BCUT2D eigenvalue weighted by Crippen LogP contribution is 2.38. The first kappa shape index (κ1) is 45.4. The van der Waals surface area contributed by atoms with Gasteiger partial charge in [-0.3, -0.25) is 19.3 Å². The number of halogens is 6. The Hall–Kier alpha value is -7.08. The van der Waals surface area contributed by atoms with Gasteiger partial charge in [0.05, 0.1) is 5.56 Å². The third kappa shape index (κ3) is 13.2. The van der Waals surface area contributed by atoms with Crippen LogP contribution in [0, 0.1) is 5.92 Å². The minimum absolute atomic E-state index is 0.0287. The Labute approximate surface area is 357 Å². The Morgan fingerprint density at radius 1 is 0.667 bits per heavy atom. The van der Waals surface area contributed by atoms with Crippen molar-refractivity contribution in [2.24, 2.45) is 5.92 Å². The van der Waals surface area contributed by atoms with Gasteiger partial charge in [-0.25, -0.2) is 4.79 Å². The Morgan fingerprint density at radius 3 is 1.68 bits per heavy atom. The molecular formula is C45H41F6N5O7. The van der Waals surface area contributed by atoms with Gasteiger partial charge in [0.2, 0.25) is 11.8 Å². The number of amides is 3. The van der Waals surface area contributed by atoms with E-state index in [1.165, 1.54) is 78.9 Å². The van der Waals surface area contributed by atoms with Crippen LogP contribution in [0.3, 0.4) is 0 Å². The number of benzene rings is 5. The van der Waals surface area contributed by atoms with Gasteiger partial charge >= 0.3 is 18.7 Å². The van der Waals surface area contributed by atoms with Crippen LogP contribution in [0.5, 0.6) is 11.5 Å². The fourth-order valence-corrected chi connectivity index (χ4v) is 6.59. The van der Waals surface area contributed by atoms with Crippen molar-refractivity contribution in [2.45, 2.75) is 39.0 Å². The first-order valence-electron chi connectivity index (χ1n) is 19.5. The van der Waals surface area contributed by atoms with E-state index in [0.29, 0.717) is 41.2 Å². The second kappa shape index (κ2) is 19.3. The van der Waals surface area contributed by atoms with E-state index in [1.54, 1.807) is 6.92 Å². The summed E-state index contributed by atoms with van der Waals surface area (Å²) in [6.07, 6.45) is -8.13. The molecule has 2 fully saturated rings. The van der Waals surface area contributed by atoms with Crippen LogP contribution >= 0.6 is 0 Å². The number of carboxylic acids is 1. The van der Waals surface area contributed by atoms with Gasteiger partial charge in [-0.15, -0.1) is 26.3 Å². The third-order valence-electron chi connectivity index (χ3n) is 9.99. The van der Waals surface area contributed by atoms with Crippen molar-refractivity contribution in [3.8, 4) is 33.8 Å². The zero-order chi connectivity index (χ0) is 45.5. The molecule has 0 radical (unpaired) electrons. The van der Waals surface area contributed by atoms with Crippen molar-refractivity contribution >= 4 is 40.8 Å². The summed E-state index contributed by atoms with van der Waals surface area (Å²) in [7, 11) is 0. The average Bonchev–Trinajstić information content (AvgIpc) is 4.09. The highest BCUT2D eigenvalue weighted by atomic mass is 19.4. The van der Waals surface area contributed by atoms with Crippen molar-refractivity contribution < 1.29 is 60.1 Å². The van der Waals surface area contributed by atoms with E-state index >= 15 is 0 Å². The molecule has 5 aromatic rings. The molecule has 5 N–H and O–H groups in total. The third-order valence-corrected chi connectivity index (χ3v) is 9.99. The van der Waals surface area contributed by atoms with E-state index in [4.69, 9.17) is 10.8 Å². The van der Waals surface area contributed by atoms with Crippen LogP contribution < -0.4 is 25.8 Å². The minimum Gasteiger partial charge on any atom is -0.478 e. The quantitative estimate of drug-likeness (QED) is 0.0749. The van der Waals surface area contributed by atoms with Crippen LogP contribution in [0.1, 0.15) is 46.0 Å². The predicted molar refractivity (Wildman–Crippen MR) is 222 cm³/mol. The van der Waals surface area contributed by atoms with E-state index in [2.05, 4.69) is 25.0 Å². The molecular weight excluding hydrogens is 837 g/mol. The summed E-state index contributed by atoms with van der Waals surface area (Å²) in [6, 6.07) is 26.7. The molecule has 0 spiro atoms. The molecule has 63 heavy (non-hydrogen) atoms. The maximum atomic E-state index is 13.1. The van der Waals surface area contributed by atoms with Crippen molar-refractivity contribution in [1.29, 1.82) is 0 Å². The Balaban J connectivity index is 0.000000264. The topological polar surface area (TPSA) is 164 Å². The predicted octanol–water partition coefficient (Wildman–Crippen LogP) is 9.05. The lowest BCUT2D eigenvalue weighted by Gasteiger charge is -2.34. The standard InChI is InChI=1S/C31H31F3N4O4.C14H10F3NO3/c1-20(39)38-16-14-37(15-17-38)19-21-2-10-25(11-3-21)35-29(40)23-6-4-22(5-7-23)27-18-26(36-30(41)24-8-9-24)12-13-28(27)42-31(32,33)34;15-14(16,17)21-12-6-5-10(18)7-11(12)8-1-3-9(4-2-8)13(19)20/h2-7,10-13,18,24H,8-9,14-17,19H2,1H3,(H,35,40)(H,36,41);1-7H,18H2,(H,19,20). The van der Waals surface area contributed by atoms with Gasteiger partial charge < -0.3 is 35.8 Å². The molecule has 1 heterocycles. The fourth-order valence-electron chi connectivity index (χ4n) is 6.59.